The Morgan fingerprint density at radius 2 is 2.35 bits per heavy atom. The fourth-order valence-corrected chi connectivity index (χ4v) is 3.01. The highest BCUT2D eigenvalue weighted by atomic mass is 35.5. The number of hydrogen-bond donors (Lipinski definition) is 3. The van der Waals surface area contributed by atoms with Crippen LogP contribution in [0.1, 0.15) is 34.9 Å². The molecule has 23 heavy (non-hydrogen) atoms. The zero-order valence-corrected chi connectivity index (χ0v) is 13.6. The SMILES string of the molecule is Cc1cc(Cl)cc(NC(=O)c2ccn(C3CCCNC3)n2)c1O. The summed E-state index contributed by atoms with van der Waals surface area (Å²) in [5, 5.41) is 20.8. The van der Waals surface area contributed by atoms with Crippen LogP contribution >= 0.6 is 11.6 Å². The molecule has 1 unspecified atom stereocenters. The topological polar surface area (TPSA) is 79.2 Å². The molecule has 6 nitrogen and oxygen atoms in total. The van der Waals surface area contributed by atoms with Crippen molar-refractivity contribution in [3.8, 4) is 5.75 Å². The van der Waals surface area contributed by atoms with Gasteiger partial charge < -0.3 is 15.7 Å². The minimum Gasteiger partial charge on any atom is -0.505 e. The van der Waals surface area contributed by atoms with Crippen molar-refractivity contribution < 1.29 is 9.90 Å². The Balaban J connectivity index is 1.75. The van der Waals surface area contributed by atoms with E-state index in [9.17, 15) is 9.90 Å². The highest BCUT2D eigenvalue weighted by Gasteiger charge is 2.18. The van der Waals surface area contributed by atoms with Gasteiger partial charge >= 0.3 is 0 Å². The van der Waals surface area contributed by atoms with Crippen molar-refractivity contribution >= 4 is 23.2 Å². The van der Waals surface area contributed by atoms with Gasteiger partial charge in [-0.25, -0.2) is 0 Å². The molecule has 122 valence electrons. The number of carbonyl (C=O) groups excluding carboxylic acids is 1. The summed E-state index contributed by atoms with van der Waals surface area (Å²) >= 11 is 5.97. The summed E-state index contributed by atoms with van der Waals surface area (Å²) in [6.07, 6.45) is 3.96. The van der Waals surface area contributed by atoms with Crippen molar-refractivity contribution in [2.24, 2.45) is 0 Å². The summed E-state index contributed by atoms with van der Waals surface area (Å²) in [5.41, 5.74) is 1.20. The first-order valence-electron chi connectivity index (χ1n) is 7.61. The number of amides is 1. The molecule has 1 aliphatic rings. The van der Waals surface area contributed by atoms with Crippen molar-refractivity contribution in [2.45, 2.75) is 25.8 Å². The van der Waals surface area contributed by atoms with Gasteiger partial charge in [0.05, 0.1) is 11.7 Å². The van der Waals surface area contributed by atoms with E-state index in [4.69, 9.17) is 11.6 Å². The minimum atomic E-state index is -0.371. The molecule has 7 heteroatoms. The number of nitrogens with one attached hydrogen (secondary N) is 2. The van der Waals surface area contributed by atoms with Crippen molar-refractivity contribution in [3.63, 3.8) is 0 Å². The van der Waals surface area contributed by atoms with Crippen LogP contribution in [0.15, 0.2) is 24.4 Å². The first-order valence-corrected chi connectivity index (χ1v) is 7.98. The fourth-order valence-electron chi connectivity index (χ4n) is 2.74. The van der Waals surface area contributed by atoms with Crippen LogP contribution in [-0.4, -0.2) is 33.9 Å². The first-order chi connectivity index (χ1) is 11.0. The third-order valence-electron chi connectivity index (χ3n) is 4.00. The molecular formula is C16H19ClN4O2. The van der Waals surface area contributed by atoms with Crippen molar-refractivity contribution in [3.05, 3.63) is 40.7 Å². The molecule has 1 aromatic heterocycles. The third kappa shape index (κ3) is 3.48. The number of anilines is 1. The van der Waals surface area contributed by atoms with Gasteiger partial charge in [0, 0.05) is 17.8 Å². The lowest BCUT2D eigenvalue weighted by molar-refractivity contribution is 0.102. The molecule has 2 aromatic rings. The summed E-state index contributed by atoms with van der Waals surface area (Å²) < 4.78 is 1.82. The smallest absolute Gasteiger partial charge is 0.276 e. The quantitative estimate of drug-likeness (QED) is 0.754. The van der Waals surface area contributed by atoms with Crippen LogP contribution in [0.2, 0.25) is 5.02 Å². The number of piperidine rings is 1. The number of nitrogens with zero attached hydrogens (tertiary/aromatic N) is 2. The van der Waals surface area contributed by atoms with Gasteiger partial charge in [-0.05, 0) is 50.1 Å². The Morgan fingerprint density at radius 1 is 1.52 bits per heavy atom. The summed E-state index contributed by atoms with van der Waals surface area (Å²) in [4.78, 5) is 12.3. The second-order valence-electron chi connectivity index (χ2n) is 5.75. The number of hydrogen-bond acceptors (Lipinski definition) is 4. The number of benzene rings is 1. The second-order valence-corrected chi connectivity index (χ2v) is 6.19. The Labute approximate surface area is 139 Å². The Bertz CT molecular complexity index is 723. The van der Waals surface area contributed by atoms with E-state index in [0.717, 1.165) is 25.9 Å². The van der Waals surface area contributed by atoms with Crippen molar-refractivity contribution in [2.75, 3.05) is 18.4 Å². The van der Waals surface area contributed by atoms with Crippen LogP contribution in [0.3, 0.4) is 0 Å². The zero-order valence-electron chi connectivity index (χ0n) is 12.8. The average molecular weight is 335 g/mol. The van der Waals surface area contributed by atoms with Crippen LogP contribution in [0.4, 0.5) is 5.69 Å². The van der Waals surface area contributed by atoms with Gasteiger partial charge in [-0.3, -0.25) is 9.48 Å². The van der Waals surface area contributed by atoms with E-state index in [-0.39, 0.29) is 23.4 Å². The molecule has 2 heterocycles. The molecule has 0 bridgehead atoms. The number of aromatic hydroxyl groups is 1. The van der Waals surface area contributed by atoms with E-state index in [2.05, 4.69) is 15.7 Å². The van der Waals surface area contributed by atoms with Gasteiger partial charge in [0.1, 0.15) is 5.75 Å². The largest absolute Gasteiger partial charge is 0.505 e. The Hall–Kier alpha value is -2.05. The van der Waals surface area contributed by atoms with Gasteiger partial charge in [-0.1, -0.05) is 11.6 Å². The van der Waals surface area contributed by atoms with Gasteiger partial charge in [-0.15, -0.1) is 0 Å². The van der Waals surface area contributed by atoms with E-state index in [1.807, 2.05) is 10.9 Å². The van der Waals surface area contributed by atoms with Gasteiger partial charge in [0.25, 0.3) is 5.91 Å². The Kier molecular flexibility index (Phi) is 4.54. The lowest BCUT2D eigenvalue weighted by atomic mass is 10.1. The summed E-state index contributed by atoms with van der Waals surface area (Å²) in [5.74, 6) is -0.358. The Morgan fingerprint density at radius 3 is 3.09 bits per heavy atom. The highest BCUT2D eigenvalue weighted by molar-refractivity contribution is 6.31. The molecule has 0 aliphatic carbocycles. The van der Waals surface area contributed by atoms with E-state index in [1.54, 1.807) is 19.1 Å². The molecule has 0 radical (unpaired) electrons. The minimum absolute atomic E-state index is 0.0127. The molecule has 1 atom stereocenters. The van der Waals surface area contributed by atoms with E-state index in [0.29, 0.717) is 16.3 Å². The predicted molar refractivity (Wildman–Crippen MR) is 89.2 cm³/mol. The molecule has 1 amide bonds. The molecule has 1 aromatic carbocycles. The molecular weight excluding hydrogens is 316 g/mol. The maximum atomic E-state index is 12.3. The van der Waals surface area contributed by atoms with Gasteiger partial charge in [0.15, 0.2) is 5.69 Å². The number of halogens is 1. The van der Waals surface area contributed by atoms with Crippen LogP contribution < -0.4 is 10.6 Å². The second kappa shape index (κ2) is 6.60. The van der Waals surface area contributed by atoms with E-state index in [1.165, 1.54) is 6.07 Å². The normalized spacial score (nSPS) is 17.9. The number of phenols is 1. The maximum absolute atomic E-state index is 12.3. The van der Waals surface area contributed by atoms with E-state index >= 15 is 0 Å². The monoisotopic (exact) mass is 334 g/mol. The van der Waals surface area contributed by atoms with Crippen molar-refractivity contribution in [1.29, 1.82) is 0 Å². The summed E-state index contributed by atoms with van der Waals surface area (Å²) in [6, 6.07) is 5.10. The summed E-state index contributed by atoms with van der Waals surface area (Å²) in [6.45, 7) is 3.61. The van der Waals surface area contributed by atoms with Crippen LogP contribution in [-0.2, 0) is 0 Å². The van der Waals surface area contributed by atoms with Gasteiger partial charge in [0.2, 0.25) is 0 Å². The predicted octanol–water partition coefficient (Wildman–Crippen LogP) is 2.73. The van der Waals surface area contributed by atoms with E-state index < -0.39 is 0 Å². The molecule has 1 aliphatic heterocycles. The average Bonchev–Trinajstić information content (AvgIpc) is 3.03. The van der Waals surface area contributed by atoms with Crippen LogP contribution in [0, 0.1) is 6.92 Å². The van der Waals surface area contributed by atoms with Crippen molar-refractivity contribution in [1.82, 2.24) is 15.1 Å². The van der Waals surface area contributed by atoms with Gasteiger partial charge in [-0.2, -0.15) is 5.10 Å². The summed E-state index contributed by atoms with van der Waals surface area (Å²) in [7, 11) is 0. The third-order valence-corrected chi connectivity index (χ3v) is 4.22. The zero-order chi connectivity index (χ0) is 16.4. The lowest BCUT2D eigenvalue weighted by Gasteiger charge is -2.22. The highest BCUT2D eigenvalue weighted by Crippen LogP contribution is 2.31. The fraction of sp³-hybridized carbons (Fsp3) is 0.375. The molecule has 1 saturated heterocycles. The molecule has 0 saturated carbocycles. The number of carbonyl (C=O) groups is 1. The number of rotatable bonds is 3. The molecule has 1 fully saturated rings. The maximum Gasteiger partial charge on any atom is 0.276 e. The molecule has 3 N–H and O–H groups in total. The van der Waals surface area contributed by atoms with Crippen LogP contribution in [0.5, 0.6) is 5.75 Å². The molecule has 0 spiro atoms. The van der Waals surface area contributed by atoms with Crippen LogP contribution in [0.25, 0.3) is 0 Å². The number of aryl methyl sites for hydroxylation is 1. The standard InChI is InChI=1S/C16H19ClN4O2/c1-10-7-11(17)8-14(15(10)22)19-16(23)13-4-6-21(20-13)12-3-2-5-18-9-12/h4,6-8,12,18,22H,2-3,5,9H2,1H3,(H,19,23). The molecule has 3 rings (SSSR count). The number of aromatic nitrogens is 2. The number of phenolic OH excluding ortho intramolecular Hbond substituents is 1. The first kappa shape index (κ1) is 15.8. The lowest BCUT2D eigenvalue weighted by Crippen LogP contribution is -2.32.